The lowest BCUT2D eigenvalue weighted by atomic mass is 10.1. The Morgan fingerprint density at radius 1 is 1.14 bits per heavy atom. The molecule has 1 heterocycles. The molecular weight excluding hydrogens is 440 g/mol. The lowest BCUT2D eigenvalue weighted by molar-refractivity contribution is -0.122. The number of hydrogen-bond acceptors (Lipinski definition) is 4. The molecule has 5 nitrogen and oxygen atoms in total. The first-order valence-electron chi connectivity index (χ1n) is 8.81. The van der Waals surface area contributed by atoms with Gasteiger partial charge in [-0.3, -0.25) is 9.69 Å². The molecule has 0 unspecified atom stereocenters. The second kappa shape index (κ2) is 8.75. The summed E-state index contributed by atoms with van der Waals surface area (Å²) in [7, 11) is 3.40. The molecule has 0 aliphatic carbocycles. The molecule has 1 aliphatic heterocycles. The van der Waals surface area contributed by atoms with Crippen LogP contribution in [-0.2, 0) is 11.4 Å². The average molecular weight is 461 g/mol. The Labute approximate surface area is 178 Å². The fraction of sp³-hybridized carbons (Fsp3) is 0.238. The van der Waals surface area contributed by atoms with Gasteiger partial charge in [0, 0.05) is 18.1 Å². The maximum atomic E-state index is 12.5. The molecule has 2 aromatic carbocycles. The first-order chi connectivity index (χ1) is 13.4. The molecule has 0 aromatic heterocycles. The summed E-state index contributed by atoms with van der Waals surface area (Å²) in [6, 6.07) is 13.5. The minimum Gasteiger partial charge on any atom is -0.493 e. The van der Waals surface area contributed by atoms with Crippen LogP contribution in [0.1, 0.15) is 18.1 Å². The van der Waals surface area contributed by atoms with Crippen molar-refractivity contribution in [2.24, 2.45) is 0 Å². The highest BCUT2D eigenvalue weighted by atomic mass is 79.9. The fourth-order valence-corrected chi connectivity index (χ4v) is 3.46. The van der Waals surface area contributed by atoms with Crippen LogP contribution in [0.25, 0.3) is 6.08 Å². The minimum absolute atomic E-state index is 0.0930. The Hall–Kier alpha value is -2.38. The Kier molecular flexibility index (Phi) is 6.36. The number of carbonyl (C=O) groups is 1. The standard InChI is InChI=1S/C21H21BrN2O3S/c1-4-24-20(25)17(23(2)21(24)28)11-15-7-10-18(19(12-15)26-3)27-13-14-5-8-16(22)9-6-14/h5-12H,4,13H2,1-3H3/b17-11-. The van der Waals surface area contributed by atoms with Crippen LogP contribution in [0.2, 0.25) is 0 Å². The van der Waals surface area contributed by atoms with E-state index in [1.165, 1.54) is 0 Å². The Morgan fingerprint density at radius 3 is 2.46 bits per heavy atom. The van der Waals surface area contributed by atoms with E-state index < -0.39 is 0 Å². The van der Waals surface area contributed by atoms with Crippen molar-refractivity contribution in [1.29, 1.82) is 0 Å². The third-order valence-electron chi connectivity index (χ3n) is 4.46. The summed E-state index contributed by atoms with van der Waals surface area (Å²) in [6.45, 7) is 2.89. The molecule has 0 bridgehead atoms. The number of amides is 1. The van der Waals surface area contributed by atoms with E-state index >= 15 is 0 Å². The SMILES string of the molecule is CCN1C(=O)/C(=C/c2ccc(OCc3ccc(Br)cc3)c(OC)c2)N(C)C1=S. The van der Waals surface area contributed by atoms with Crippen molar-refractivity contribution in [3.63, 3.8) is 0 Å². The smallest absolute Gasteiger partial charge is 0.276 e. The molecule has 0 N–H and O–H groups in total. The molecule has 1 aliphatic rings. The van der Waals surface area contributed by atoms with Crippen molar-refractivity contribution < 1.29 is 14.3 Å². The van der Waals surface area contributed by atoms with E-state index in [0.717, 1.165) is 15.6 Å². The van der Waals surface area contributed by atoms with Gasteiger partial charge in [-0.1, -0.05) is 34.1 Å². The van der Waals surface area contributed by atoms with E-state index in [4.69, 9.17) is 21.7 Å². The summed E-state index contributed by atoms with van der Waals surface area (Å²) in [5, 5.41) is 0.514. The number of benzene rings is 2. The van der Waals surface area contributed by atoms with Gasteiger partial charge in [-0.2, -0.15) is 0 Å². The van der Waals surface area contributed by atoms with E-state index in [1.807, 2.05) is 55.5 Å². The van der Waals surface area contributed by atoms with Gasteiger partial charge >= 0.3 is 0 Å². The van der Waals surface area contributed by atoms with Crippen LogP contribution in [0.5, 0.6) is 11.5 Å². The predicted molar refractivity (Wildman–Crippen MR) is 117 cm³/mol. The first-order valence-corrected chi connectivity index (χ1v) is 10.0. The molecule has 7 heteroatoms. The molecule has 28 heavy (non-hydrogen) atoms. The van der Waals surface area contributed by atoms with E-state index in [1.54, 1.807) is 24.0 Å². The Balaban J connectivity index is 1.80. The van der Waals surface area contributed by atoms with Crippen LogP contribution in [0.4, 0.5) is 0 Å². The van der Waals surface area contributed by atoms with Crippen LogP contribution >= 0.6 is 28.1 Å². The number of methoxy groups -OCH3 is 1. The Morgan fingerprint density at radius 2 is 1.86 bits per heavy atom. The number of rotatable bonds is 6. The zero-order chi connectivity index (χ0) is 20.3. The van der Waals surface area contributed by atoms with Crippen molar-refractivity contribution >= 4 is 45.2 Å². The molecular formula is C21H21BrN2O3S. The Bertz CT molecular complexity index is 928. The highest BCUT2D eigenvalue weighted by molar-refractivity contribution is 9.10. The molecule has 0 saturated carbocycles. The summed E-state index contributed by atoms with van der Waals surface area (Å²) >= 11 is 8.76. The largest absolute Gasteiger partial charge is 0.493 e. The number of hydrogen-bond donors (Lipinski definition) is 0. The van der Waals surface area contributed by atoms with Gasteiger partial charge in [-0.15, -0.1) is 0 Å². The van der Waals surface area contributed by atoms with Gasteiger partial charge in [0.05, 0.1) is 7.11 Å². The number of likely N-dealkylation sites (N-methyl/N-ethyl adjacent to an activating group) is 2. The molecule has 2 aromatic rings. The van der Waals surface area contributed by atoms with Gasteiger partial charge in [0.15, 0.2) is 16.6 Å². The number of carbonyl (C=O) groups excluding carboxylic acids is 1. The van der Waals surface area contributed by atoms with Crippen molar-refractivity contribution in [2.45, 2.75) is 13.5 Å². The predicted octanol–water partition coefficient (Wildman–Crippen LogP) is 4.46. The third kappa shape index (κ3) is 4.20. The number of thiocarbonyl (C=S) groups is 1. The highest BCUT2D eigenvalue weighted by Gasteiger charge is 2.34. The van der Waals surface area contributed by atoms with Gasteiger partial charge in [0.25, 0.3) is 5.91 Å². The summed E-state index contributed by atoms with van der Waals surface area (Å²) in [6.07, 6.45) is 1.81. The molecule has 0 spiro atoms. The highest BCUT2D eigenvalue weighted by Crippen LogP contribution is 2.31. The van der Waals surface area contributed by atoms with Gasteiger partial charge in [-0.25, -0.2) is 0 Å². The normalized spacial score (nSPS) is 15.5. The molecule has 146 valence electrons. The third-order valence-corrected chi connectivity index (χ3v) is 5.48. The minimum atomic E-state index is -0.0930. The van der Waals surface area contributed by atoms with E-state index in [-0.39, 0.29) is 5.91 Å². The number of halogens is 1. The topological polar surface area (TPSA) is 42.0 Å². The first kappa shape index (κ1) is 20.4. The van der Waals surface area contributed by atoms with Crippen molar-refractivity contribution in [3.8, 4) is 11.5 Å². The lowest BCUT2D eigenvalue weighted by Crippen LogP contribution is -2.30. The van der Waals surface area contributed by atoms with E-state index in [0.29, 0.717) is 35.5 Å². The van der Waals surface area contributed by atoms with E-state index in [9.17, 15) is 4.79 Å². The number of ether oxygens (including phenoxy) is 2. The number of nitrogens with zero attached hydrogens (tertiary/aromatic N) is 2. The summed E-state index contributed by atoms with van der Waals surface area (Å²) in [5.41, 5.74) is 2.43. The fourth-order valence-electron chi connectivity index (χ4n) is 2.88. The molecule has 1 fully saturated rings. The average Bonchev–Trinajstić information content (AvgIpc) is 2.90. The molecule has 3 rings (SSSR count). The quantitative estimate of drug-likeness (QED) is 0.470. The van der Waals surface area contributed by atoms with E-state index in [2.05, 4.69) is 15.9 Å². The molecule has 0 radical (unpaired) electrons. The molecule has 1 saturated heterocycles. The van der Waals surface area contributed by atoms with Crippen LogP contribution in [0.3, 0.4) is 0 Å². The van der Waals surface area contributed by atoms with Crippen LogP contribution in [0, 0.1) is 0 Å². The van der Waals surface area contributed by atoms with Gasteiger partial charge in [0.2, 0.25) is 0 Å². The monoisotopic (exact) mass is 460 g/mol. The summed E-state index contributed by atoms with van der Waals surface area (Å²) in [5.74, 6) is 1.16. The van der Waals surface area contributed by atoms with Gasteiger partial charge in [-0.05, 0) is 60.6 Å². The second-order valence-electron chi connectivity index (χ2n) is 6.25. The van der Waals surface area contributed by atoms with Crippen molar-refractivity contribution in [1.82, 2.24) is 9.80 Å². The summed E-state index contributed by atoms with van der Waals surface area (Å²) < 4.78 is 12.4. The van der Waals surface area contributed by atoms with Crippen LogP contribution < -0.4 is 9.47 Å². The van der Waals surface area contributed by atoms with Gasteiger partial charge < -0.3 is 14.4 Å². The maximum absolute atomic E-state index is 12.5. The molecule has 0 atom stereocenters. The zero-order valence-electron chi connectivity index (χ0n) is 15.9. The van der Waals surface area contributed by atoms with Gasteiger partial charge in [0.1, 0.15) is 12.3 Å². The maximum Gasteiger partial charge on any atom is 0.276 e. The van der Waals surface area contributed by atoms with Crippen molar-refractivity contribution in [3.05, 3.63) is 63.8 Å². The van der Waals surface area contributed by atoms with Crippen LogP contribution in [0.15, 0.2) is 52.6 Å². The van der Waals surface area contributed by atoms with Crippen molar-refractivity contribution in [2.75, 3.05) is 20.7 Å². The summed E-state index contributed by atoms with van der Waals surface area (Å²) in [4.78, 5) is 15.8. The molecule has 1 amide bonds. The lowest BCUT2D eigenvalue weighted by Gasteiger charge is -2.14. The second-order valence-corrected chi connectivity index (χ2v) is 7.53. The van der Waals surface area contributed by atoms with Crippen LogP contribution in [-0.4, -0.2) is 41.5 Å². The zero-order valence-corrected chi connectivity index (χ0v) is 18.3.